The molecule has 3 aromatic carbocycles. The number of benzene rings is 3. The number of rotatable bonds is 5. The van der Waals surface area contributed by atoms with Crippen LogP contribution in [0.25, 0.3) is 0 Å². The monoisotopic (exact) mass is 484 g/mol. The fourth-order valence-electron chi connectivity index (χ4n) is 4.98. The van der Waals surface area contributed by atoms with Gasteiger partial charge in [0.25, 0.3) is 0 Å². The van der Waals surface area contributed by atoms with Crippen LogP contribution in [0.3, 0.4) is 0 Å². The Labute approximate surface area is 210 Å². The van der Waals surface area contributed by atoms with Crippen molar-refractivity contribution in [2.24, 2.45) is 0 Å². The van der Waals surface area contributed by atoms with Crippen LogP contribution >= 0.6 is 0 Å². The number of allylic oxidation sites excluding steroid dienone is 1. The summed E-state index contributed by atoms with van der Waals surface area (Å²) in [5.74, 6) is 1.48. The Bertz CT molecular complexity index is 1350. The summed E-state index contributed by atoms with van der Waals surface area (Å²) >= 11 is 0. The van der Waals surface area contributed by atoms with E-state index in [4.69, 9.17) is 14.2 Å². The highest BCUT2D eigenvalue weighted by atomic mass is 16.5. The number of fused-ring (bicyclic) bond motifs is 1. The van der Waals surface area contributed by atoms with E-state index in [-0.39, 0.29) is 23.7 Å². The molecule has 0 spiro atoms. The Balaban J connectivity index is 1.54. The molecular formula is C29H28N2O5. The normalized spacial score (nSPS) is 18.7. The van der Waals surface area contributed by atoms with Crippen LogP contribution in [-0.4, -0.2) is 26.0 Å². The molecule has 2 aliphatic rings. The second-order valence-corrected chi connectivity index (χ2v) is 8.95. The predicted octanol–water partition coefficient (Wildman–Crippen LogP) is 5.61. The number of esters is 1. The minimum absolute atomic E-state index is 0.000751. The van der Waals surface area contributed by atoms with Gasteiger partial charge in [-0.3, -0.25) is 9.59 Å². The number of para-hydroxylation sites is 2. The summed E-state index contributed by atoms with van der Waals surface area (Å²) in [6.07, 6.45) is 1.06. The molecular weight excluding hydrogens is 456 g/mol. The molecule has 0 bridgehead atoms. The molecule has 184 valence electrons. The van der Waals surface area contributed by atoms with Crippen LogP contribution < -0.4 is 24.8 Å². The van der Waals surface area contributed by atoms with E-state index in [9.17, 15) is 9.59 Å². The summed E-state index contributed by atoms with van der Waals surface area (Å²) in [6, 6.07) is 20.7. The molecule has 5 rings (SSSR count). The van der Waals surface area contributed by atoms with E-state index >= 15 is 0 Å². The zero-order valence-electron chi connectivity index (χ0n) is 20.5. The topological polar surface area (TPSA) is 85.9 Å². The molecule has 2 N–H and O–H groups in total. The van der Waals surface area contributed by atoms with Gasteiger partial charge < -0.3 is 24.8 Å². The largest absolute Gasteiger partial charge is 0.493 e. The summed E-state index contributed by atoms with van der Waals surface area (Å²) in [5.41, 5.74) is 5.40. The predicted molar refractivity (Wildman–Crippen MR) is 138 cm³/mol. The molecule has 3 aromatic rings. The van der Waals surface area contributed by atoms with Gasteiger partial charge in [0.2, 0.25) is 0 Å². The third kappa shape index (κ3) is 4.52. The SMILES string of the molecule is COc1ccc(C2CC(=O)C3=C(C2)Nc2ccccc2NC3c2ccc(OC(C)=O)cc2)cc1OC. The Morgan fingerprint density at radius 3 is 2.25 bits per heavy atom. The number of ketones is 1. The standard InChI is InChI=1S/C29H28N2O5/c1-17(32)36-21-11-8-18(9-12-21)29-28-24(30-22-6-4-5-7-23(22)31-29)14-20(15-25(28)33)19-10-13-26(34-2)27(16-19)35-3/h4-13,16,20,29-31H,14-15H2,1-3H3. The van der Waals surface area contributed by atoms with Crippen LogP contribution in [0.1, 0.15) is 42.9 Å². The highest BCUT2D eigenvalue weighted by Gasteiger charge is 2.36. The van der Waals surface area contributed by atoms with Crippen molar-refractivity contribution in [2.75, 3.05) is 24.9 Å². The molecule has 0 amide bonds. The number of methoxy groups -OCH3 is 2. The van der Waals surface area contributed by atoms with Crippen LogP contribution in [0, 0.1) is 0 Å². The van der Waals surface area contributed by atoms with Gasteiger partial charge in [-0.05, 0) is 59.9 Å². The Hall–Kier alpha value is -4.26. The van der Waals surface area contributed by atoms with Gasteiger partial charge in [-0.2, -0.15) is 0 Å². The number of hydrogen-bond acceptors (Lipinski definition) is 7. The summed E-state index contributed by atoms with van der Waals surface area (Å²) in [6.45, 7) is 1.37. The molecule has 7 heteroatoms. The highest BCUT2D eigenvalue weighted by molar-refractivity contribution is 6.01. The molecule has 1 aliphatic heterocycles. The average molecular weight is 485 g/mol. The quantitative estimate of drug-likeness (QED) is 0.360. The van der Waals surface area contributed by atoms with Crippen molar-refractivity contribution in [3.05, 3.63) is 89.1 Å². The first-order valence-corrected chi connectivity index (χ1v) is 11.9. The molecule has 0 radical (unpaired) electrons. The molecule has 2 unspecified atom stereocenters. The van der Waals surface area contributed by atoms with Crippen molar-refractivity contribution in [3.63, 3.8) is 0 Å². The minimum Gasteiger partial charge on any atom is -0.493 e. The van der Waals surface area contributed by atoms with Crippen molar-refractivity contribution in [3.8, 4) is 17.2 Å². The van der Waals surface area contributed by atoms with Crippen LogP contribution in [0.2, 0.25) is 0 Å². The molecule has 0 saturated heterocycles. The molecule has 36 heavy (non-hydrogen) atoms. The lowest BCUT2D eigenvalue weighted by Gasteiger charge is -2.30. The molecule has 7 nitrogen and oxygen atoms in total. The zero-order chi connectivity index (χ0) is 25.2. The maximum absolute atomic E-state index is 13.7. The average Bonchev–Trinajstić information content (AvgIpc) is 3.05. The summed E-state index contributed by atoms with van der Waals surface area (Å²) in [5, 5.41) is 7.12. The van der Waals surface area contributed by atoms with Gasteiger partial charge >= 0.3 is 5.97 Å². The van der Waals surface area contributed by atoms with Crippen LogP contribution in [0.4, 0.5) is 11.4 Å². The number of hydrogen-bond donors (Lipinski definition) is 2. The lowest BCUT2D eigenvalue weighted by atomic mass is 9.78. The van der Waals surface area contributed by atoms with Crippen LogP contribution in [-0.2, 0) is 9.59 Å². The third-order valence-corrected chi connectivity index (χ3v) is 6.66. The molecule has 2 atom stereocenters. The first-order chi connectivity index (χ1) is 17.5. The lowest BCUT2D eigenvalue weighted by Crippen LogP contribution is -2.26. The number of anilines is 2. The Kier molecular flexibility index (Phi) is 6.38. The number of ether oxygens (including phenoxy) is 3. The van der Waals surface area contributed by atoms with Crippen molar-refractivity contribution >= 4 is 23.1 Å². The maximum Gasteiger partial charge on any atom is 0.308 e. The molecule has 1 aliphatic carbocycles. The summed E-state index contributed by atoms with van der Waals surface area (Å²) < 4.78 is 16.1. The number of carbonyl (C=O) groups is 2. The fraction of sp³-hybridized carbons (Fsp3) is 0.241. The van der Waals surface area contributed by atoms with Gasteiger partial charge in [0.1, 0.15) is 5.75 Å². The maximum atomic E-state index is 13.7. The van der Waals surface area contributed by atoms with E-state index in [1.807, 2.05) is 54.6 Å². The van der Waals surface area contributed by atoms with Crippen molar-refractivity contribution in [2.45, 2.75) is 31.7 Å². The smallest absolute Gasteiger partial charge is 0.308 e. The number of nitrogens with one attached hydrogen (secondary N) is 2. The van der Waals surface area contributed by atoms with Gasteiger partial charge in [-0.15, -0.1) is 0 Å². The van der Waals surface area contributed by atoms with Crippen LogP contribution in [0.5, 0.6) is 17.2 Å². The second-order valence-electron chi connectivity index (χ2n) is 8.95. The first-order valence-electron chi connectivity index (χ1n) is 11.9. The lowest BCUT2D eigenvalue weighted by molar-refractivity contribution is -0.131. The van der Waals surface area contributed by atoms with E-state index < -0.39 is 0 Å². The van der Waals surface area contributed by atoms with E-state index in [0.29, 0.717) is 30.1 Å². The van der Waals surface area contributed by atoms with Crippen molar-refractivity contribution in [1.82, 2.24) is 0 Å². The highest BCUT2D eigenvalue weighted by Crippen LogP contribution is 2.45. The first kappa shape index (κ1) is 23.5. The molecule has 0 aromatic heterocycles. The third-order valence-electron chi connectivity index (χ3n) is 6.66. The minimum atomic E-state index is -0.373. The van der Waals surface area contributed by atoms with Gasteiger partial charge in [-0.25, -0.2) is 0 Å². The van der Waals surface area contributed by atoms with E-state index in [2.05, 4.69) is 10.6 Å². The van der Waals surface area contributed by atoms with Crippen LogP contribution in [0.15, 0.2) is 78.0 Å². The molecule has 0 saturated carbocycles. The van der Waals surface area contributed by atoms with Gasteiger partial charge in [0, 0.05) is 24.6 Å². The zero-order valence-corrected chi connectivity index (χ0v) is 20.5. The summed E-state index contributed by atoms with van der Waals surface area (Å²) in [7, 11) is 3.22. The Morgan fingerprint density at radius 1 is 0.861 bits per heavy atom. The number of Topliss-reactive ketones (excluding diaryl/α,β-unsaturated/α-hetero) is 1. The van der Waals surface area contributed by atoms with E-state index in [1.54, 1.807) is 26.4 Å². The van der Waals surface area contributed by atoms with Gasteiger partial charge in [0.15, 0.2) is 17.3 Å². The number of carbonyl (C=O) groups excluding carboxylic acids is 2. The fourth-order valence-corrected chi connectivity index (χ4v) is 4.98. The second kappa shape index (κ2) is 9.77. The van der Waals surface area contributed by atoms with Gasteiger partial charge in [-0.1, -0.05) is 30.3 Å². The van der Waals surface area contributed by atoms with Crippen molar-refractivity contribution < 1.29 is 23.8 Å². The molecule has 1 heterocycles. The summed E-state index contributed by atoms with van der Waals surface area (Å²) in [4.78, 5) is 25.1. The Morgan fingerprint density at radius 2 is 1.56 bits per heavy atom. The van der Waals surface area contributed by atoms with E-state index in [0.717, 1.165) is 33.8 Å². The van der Waals surface area contributed by atoms with E-state index in [1.165, 1.54) is 6.92 Å². The van der Waals surface area contributed by atoms with Gasteiger partial charge in [0.05, 0.1) is 31.6 Å². The molecule has 0 fully saturated rings. The van der Waals surface area contributed by atoms with Crippen molar-refractivity contribution in [1.29, 1.82) is 0 Å².